The Morgan fingerprint density at radius 2 is 0.456 bits per heavy atom. The Balaban J connectivity index is 3.88. The summed E-state index contributed by atoms with van der Waals surface area (Å²) in [5, 5.41) is 127. The minimum absolute atomic E-state index is 0.279. The first-order valence-electron chi connectivity index (χ1n) is 22.2. The Hall–Kier alpha value is -4.72. The van der Waals surface area contributed by atoms with Crippen molar-refractivity contribution in [3.63, 3.8) is 0 Å². The number of carbonyl (C=O) groups excluding carboxylic acids is 4. The molecule has 28 nitrogen and oxygen atoms in total. The highest BCUT2D eigenvalue weighted by atomic mass is 16.4. The number of hydrogen-bond donors (Lipinski definition) is 16. The molecule has 0 spiro atoms. The van der Waals surface area contributed by atoms with E-state index in [1.54, 1.807) is 0 Å². The molecule has 0 aromatic rings. The van der Waals surface area contributed by atoms with Gasteiger partial charge in [0.15, 0.2) is 0 Å². The van der Waals surface area contributed by atoms with Gasteiger partial charge in [0.25, 0.3) is 0 Å². The number of rotatable bonds is 32. The molecular formula is C40H72N8O20. The van der Waals surface area contributed by atoms with Crippen LogP contribution in [0, 0.1) is 0 Å². The first kappa shape index (κ1) is 61.3. The molecule has 4 atom stereocenters. The minimum Gasteiger partial charge on any atom is -0.480 e. The zero-order chi connectivity index (χ0) is 51.3. The van der Waals surface area contributed by atoms with Crippen LogP contribution in [0.1, 0.15) is 51.4 Å². The first-order valence-corrected chi connectivity index (χ1v) is 22.2. The second-order valence-electron chi connectivity index (χ2n) is 16.2. The normalized spacial score (nSPS) is 16.9. The number of nitrogens with zero attached hydrogens (tertiary/aromatic N) is 4. The number of aliphatic carboxylic acids is 4. The molecular weight excluding hydrogens is 912 g/mol. The lowest BCUT2D eigenvalue weighted by Crippen LogP contribution is -2.56. The fraction of sp³-hybridized carbons (Fsp3) is 0.800. The van der Waals surface area contributed by atoms with Crippen molar-refractivity contribution < 1.29 is 99.6 Å². The van der Waals surface area contributed by atoms with Crippen molar-refractivity contribution in [1.29, 1.82) is 0 Å². The molecule has 0 saturated carbocycles. The molecule has 392 valence electrons. The smallest absolute Gasteiger partial charge is 0.320 e. The number of nitrogens with one attached hydrogen (secondary N) is 4. The van der Waals surface area contributed by atoms with E-state index in [-0.39, 0.29) is 78.0 Å². The van der Waals surface area contributed by atoms with E-state index in [1.807, 2.05) is 0 Å². The Kier molecular flexibility index (Phi) is 30.4. The number of aliphatic hydroxyl groups excluding tert-OH is 8. The summed E-state index contributed by atoms with van der Waals surface area (Å²) in [5.74, 6) is -8.64. The number of aliphatic hydroxyl groups is 8. The van der Waals surface area contributed by atoms with Gasteiger partial charge in [-0.15, -0.1) is 0 Å². The molecule has 68 heavy (non-hydrogen) atoms. The van der Waals surface area contributed by atoms with Gasteiger partial charge < -0.3 is 82.5 Å². The third kappa shape index (κ3) is 22.6. The van der Waals surface area contributed by atoms with Crippen LogP contribution in [0.4, 0.5) is 0 Å². The average molecular weight is 985 g/mol. The fourth-order valence-corrected chi connectivity index (χ4v) is 7.44. The van der Waals surface area contributed by atoms with Crippen molar-refractivity contribution in [2.45, 2.75) is 99.7 Å². The second kappa shape index (κ2) is 33.7. The lowest BCUT2D eigenvalue weighted by Gasteiger charge is -2.40. The van der Waals surface area contributed by atoms with Gasteiger partial charge >= 0.3 is 23.9 Å². The number of hydrogen-bond acceptors (Lipinski definition) is 20. The van der Waals surface area contributed by atoms with Crippen LogP contribution in [0.25, 0.3) is 0 Å². The van der Waals surface area contributed by atoms with Gasteiger partial charge in [-0.2, -0.15) is 0 Å². The monoisotopic (exact) mass is 984 g/mol. The van der Waals surface area contributed by atoms with Crippen molar-refractivity contribution in [2.24, 2.45) is 0 Å². The SMILES string of the molecule is O=C(CCC(C(=O)O)N1CCN(C(CCC(=O)NC(CO)CO)C(=O)O)CCN(C(CCC(=O)NC(CO)CO)C(=O)O)CCN(C(CCC(=O)NC(CO)CO)C(=O)O)CC1)NC(CO)CO. The zero-order valence-electron chi connectivity index (χ0n) is 38.0. The Bertz CT molecular complexity index is 1330. The summed E-state index contributed by atoms with van der Waals surface area (Å²) >= 11 is 0. The highest BCUT2D eigenvalue weighted by Crippen LogP contribution is 2.18. The van der Waals surface area contributed by atoms with Crippen LogP contribution in [-0.4, -0.2) is 282 Å². The number of carboxylic acid groups (broad SMARTS) is 4. The van der Waals surface area contributed by atoms with Crippen molar-refractivity contribution >= 4 is 47.5 Å². The number of carboxylic acids is 4. The lowest BCUT2D eigenvalue weighted by molar-refractivity contribution is -0.148. The summed E-state index contributed by atoms with van der Waals surface area (Å²) in [7, 11) is 0. The maximum Gasteiger partial charge on any atom is 0.320 e. The minimum atomic E-state index is -1.49. The molecule has 28 heteroatoms. The van der Waals surface area contributed by atoms with Gasteiger partial charge in [0.1, 0.15) is 24.2 Å². The summed E-state index contributed by atoms with van der Waals surface area (Å²) in [4.78, 5) is 108. The first-order chi connectivity index (χ1) is 32.3. The van der Waals surface area contributed by atoms with E-state index < -0.39 is 174 Å². The van der Waals surface area contributed by atoms with Gasteiger partial charge in [-0.05, 0) is 25.7 Å². The number of carbonyl (C=O) groups is 8. The summed E-state index contributed by atoms with van der Waals surface area (Å²) < 4.78 is 0. The molecule has 1 fully saturated rings. The second-order valence-corrected chi connectivity index (χ2v) is 16.2. The Morgan fingerprint density at radius 3 is 0.574 bits per heavy atom. The van der Waals surface area contributed by atoms with Crippen molar-refractivity contribution in [1.82, 2.24) is 40.9 Å². The van der Waals surface area contributed by atoms with E-state index >= 15 is 0 Å². The molecule has 1 rings (SSSR count). The third-order valence-corrected chi connectivity index (χ3v) is 11.4. The van der Waals surface area contributed by atoms with Crippen molar-refractivity contribution in [3.05, 3.63) is 0 Å². The molecule has 1 heterocycles. The quantitative estimate of drug-likeness (QED) is 0.0298. The van der Waals surface area contributed by atoms with E-state index in [1.165, 1.54) is 19.6 Å². The van der Waals surface area contributed by atoms with Gasteiger partial charge in [0.05, 0.1) is 77.0 Å². The summed E-state index contributed by atoms with van der Waals surface area (Å²) in [5.41, 5.74) is 0. The Morgan fingerprint density at radius 1 is 0.309 bits per heavy atom. The van der Waals surface area contributed by atoms with Gasteiger partial charge in [-0.25, -0.2) is 0 Å². The van der Waals surface area contributed by atoms with E-state index in [0.29, 0.717) is 0 Å². The summed E-state index contributed by atoms with van der Waals surface area (Å²) in [6.45, 7) is -7.20. The topological polar surface area (TPSA) is 440 Å². The van der Waals surface area contributed by atoms with Gasteiger partial charge in [0, 0.05) is 78.0 Å². The predicted octanol–water partition coefficient (Wildman–Crippen LogP) is -7.98. The predicted molar refractivity (Wildman–Crippen MR) is 233 cm³/mol. The molecule has 0 aromatic heterocycles. The molecule has 4 amide bonds. The fourth-order valence-electron chi connectivity index (χ4n) is 7.44. The molecule has 4 unspecified atom stereocenters. The average Bonchev–Trinajstić information content (AvgIpc) is 3.30. The van der Waals surface area contributed by atoms with Crippen LogP contribution in [0.5, 0.6) is 0 Å². The Labute approximate surface area is 392 Å². The molecule has 0 aliphatic carbocycles. The maximum absolute atomic E-state index is 12.9. The standard InChI is InChI=1S/C40H72N8O20/c49-17-25(18-50)41-33(57)5-1-29(37(61)62)45-9-11-46(30(38(63)64)2-6-34(58)42-26(19-51)20-52)13-15-48(32(40(67)68)4-8-36(60)44-28(23-55)24-56)16-14-47(12-10-45)31(39(65)66)3-7-35(59)43-27(21-53)22-54/h25-32,49-56H,1-24H2,(H,41,57)(H,42,58)(H,43,59)(H,44,60)(H,61,62)(H,63,64)(H,65,66)(H,67,68). The summed E-state index contributed by atoms with van der Waals surface area (Å²) in [6.07, 6.45) is -3.24. The van der Waals surface area contributed by atoms with Crippen LogP contribution >= 0.6 is 0 Å². The lowest BCUT2D eigenvalue weighted by atomic mass is 10.1. The highest BCUT2D eigenvalue weighted by Gasteiger charge is 2.36. The largest absolute Gasteiger partial charge is 0.480 e. The van der Waals surface area contributed by atoms with E-state index in [2.05, 4.69) is 21.3 Å². The summed E-state index contributed by atoms with van der Waals surface area (Å²) in [6, 6.07) is -10.1. The van der Waals surface area contributed by atoms with Gasteiger partial charge in [-0.1, -0.05) is 0 Å². The molecule has 0 bridgehead atoms. The zero-order valence-corrected chi connectivity index (χ0v) is 38.0. The van der Waals surface area contributed by atoms with Crippen LogP contribution in [0.2, 0.25) is 0 Å². The van der Waals surface area contributed by atoms with Crippen molar-refractivity contribution in [2.75, 3.05) is 105 Å². The molecule has 0 radical (unpaired) electrons. The molecule has 1 aliphatic rings. The highest BCUT2D eigenvalue weighted by molar-refractivity contribution is 5.81. The van der Waals surface area contributed by atoms with Crippen LogP contribution in [0.3, 0.4) is 0 Å². The van der Waals surface area contributed by atoms with Crippen LogP contribution < -0.4 is 21.3 Å². The molecule has 1 saturated heterocycles. The number of amides is 4. The van der Waals surface area contributed by atoms with E-state index in [4.69, 9.17) is 0 Å². The van der Waals surface area contributed by atoms with E-state index in [9.17, 15) is 99.6 Å². The van der Waals surface area contributed by atoms with Crippen molar-refractivity contribution in [3.8, 4) is 0 Å². The maximum atomic E-state index is 12.9. The molecule has 0 aromatic carbocycles. The van der Waals surface area contributed by atoms with E-state index in [0.717, 1.165) is 0 Å². The molecule has 16 N–H and O–H groups in total. The van der Waals surface area contributed by atoms with Gasteiger partial charge in [0.2, 0.25) is 23.6 Å². The molecule has 1 aliphatic heterocycles. The van der Waals surface area contributed by atoms with Crippen LogP contribution in [0.15, 0.2) is 0 Å². The van der Waals surface area contributed by atoms with Crippen LogP contribution in [-0.2, 0) is 38.4 Å². The third-order valence-electron chi connectivity index (χ3n) is 11.4. The van der Waals surface area contributed by atoms with Gasteiger partial charge in [-0.3, -0.25) is 58.0 Å².